The summed E-state index contributed by atoms with van der Waals surface area (Å²) in [6.45, 7) is 2.47. The van der Waals surface area contributed by atoms with E-state index in [1.54, 1.807) is 20.3 Å². The SMILES string of the molecule is COc1ccc(CCNC(=S)Nc2cc([N+](=O)[O-])ccc2C)cc1OC. The monoisotopic (exact) mass is 375 g/mol. The highest BCUT2D eigenvalue weighted by molar-refractivity contribution is 7.80. The second-order valence-electron chi connectivity index (χ2n) is 5.58. The van der Waals surface area contributed by atoms with Gasteiger partial charge in [0.25, 0.3) is 5.69 Å². The molecule has 8 heteroatoms. The van der Waals surface area contributed by atoms with Gasteiger partial charge in [0.1, 0.15) is 0 Å². The maximum absolute atomic E-state index is 10.9. The Morgan fingerprint density at radius 1 is 1.15 bits per heavy atom. The Bertz CT molecular complexity index is 811. The van der Waals surface area contributed by atoms with Crippen LogP contribution in [-0.2, 0) is 6.42 Å². The number of nitrogens with one attached hydrogen (secondary N) is 2. The first-order valence-electron chi connectivity index (χ1n) is 7.95. The van der Waals surface area contributed by atoms with E-state index in [1.165, 1.54) is 12.1 Å². The fourth-order valence-corrected chi connectivity index (χ4v) is 2.59. The van der Waals surface area contributed by atoms with Crippen molar-refractivity contribution in [3.63, 3.8) is 0 Å². The van der Waals surface area contributed by atoms with Crippen LogP contribution in [0.3, 0.4) is 0 Å². The summed E-state index contributed by atoms with van der Waals surface area (Å²) in [4.78, 5) is 10.5. The van der Waals surface area contributed by atoms with E-state index in [0.717, 1.165) is 17.5 Å². The Hall–Kier alpha value is -2.87. The maximum atomic E-state index is 10.9. The van der Waals surface area contributed by atoms with Gasteiger partial charge < -0.3 is 20.1 Å². The zero-order valence-corrected chi connectivity index (χ0v) is 15.7. The van der Waals surface area contributed by atoms with Crippen LogP contribution in [0.15, 0.2) is 36.4 Å². The van der Waals surface area contributed by atoms with Crippen molar-refractivity contribution < 1.29 is 14.4 Å². The van der Waals surface area contributed by atoms with Crippen LogP contribution in [0.2, 0.25) is 0 Å². The molecule has 0 saturated carbocycles. The number of aryl methyl sites for hydroxylation is 1. The first kappa shape index (κ1) is 19.5. The normalized spacial score (nSPS) is 10.1. The molecule has 0 saturated heterocycles. The van der Waals surface area contributed by atoms with E-state index < -0.39 is 4.92 Å². The average molecular weight is 375 g/mol. The van der Waals surface area contributed by atoms with E-state index in [1.807, 2.05) is 25.1 Å². The summed E-state index contributed by atoms with van der Waals surface area (Å²) in [5.74, 6) is 1.36. The molecule has 26 heavy (non-hydrogen) atoms. The summed E-state index contributed by atoms with van der Waals surface area (Å²) < 4.78 is 10.5. The highest BCUT2D eigenvalue weighted by Crippen LogP contribution is 2.27. The van der Waals surface area contributed by atoms with Crippen molar-refractivity contribution in [1.82, 2.24) is 5.32 Å². The molecule has 0 radical (unpaired) electrons. The number of rotatable bonds is 7. The highest BCUT2D eigenvalue weighted by atomic mass is 32.1. The van der Waals surface area contributed by atoms with Crippen molar-refractivity contribution in [3.8, 4) is 11.5 Å². The van der Waals surface area contributed by atoms with Crippen LogP contribution >= 0.6 is 12.2 Å². The summed E-state index contributed by atoms with van der Waals surface area (Å²) >= 11 is 5.27. The Balaban J connectivity index is 1.91. The van der Waals surface area contributed by atoms with Crippen LogP contribution in [0.5, 0.6) is 11.5 Å². The van der Waals surface area contributed by atoms with Crippen molar-refractivity contribution in [2.24, 2.45) is 0 Å². The van der Waals surface area contributed by atoms with Crippen LogP contribution < -0.4 is 20.1 Å². The van der Waals surface area contributed by atoms with Crippen LogP contribution in [-0.4, -0.2) is 30.8 Å². The van der Waals surface area contributed by atoms with E-state index in [-0.39, 0.29) is 5.69 Å². The second-order valence-corrected chi connectivity index (χ2v) is 5.98. The number of ether oxygens (including phenoxy) is 2. The average Bonchev–Trinajstić information content (AvgIpc) is 2.63. The third-order valence-corrected chi connectivity index (χ3v) is 4.07. The summed E-state index contributed by atoms with van der Waals surface area (Å²) in [7, 11) is 3.19. The number of hydrogen-bond acceptors (Lipinski definition) is 5. The van der Waals surface area contributed by atoms with E-state index in [4.69, 9.17) is 21.7 Å². The zero-order valence-electron chi connectivity index (χ0n) is 14.9. The third-order valence-electron chi connectivity index (χ3n) is 3.83. The minimum Gasteiger partial charge on any atom is -0.493 e. The molecule has 0 heterocycles. The molecule has 2 aromatic rings. The number of anilines is 1. The Kier molecular flexibility index (Phi) is 6.74. The molecule has 0 aliphatic rings. The second kappa shape index (κ2) is 9.00. The quantitative estimate of drug-likeness (QED) is 0.435. The largest absolute Gasteiger partial charge is 0.493 e. The van der Waals surface area contributed by atoms with Crippen LogP contribution in [0, 0.1) is 17.0 Å². The van der Waals surface area contributed by atoms with Gasteiger partial charge in [-0.2, -0.15) is 0 Å². The molecule has 0 unspecified atom stereocenters. The molecule has 2 aromatic carbocycles. The summed E-state index contributed by atoms with van der Waals surface area (Å²) in [6, 6.07) is 10.4. The van der Waals surface area contributed by atoms with E-state index in [2.05, 4.69) is 10.6 Å². The minimum atomic E-state index is -0.432. The van der Waals surface area contributed by atoms with E-state index in [9.17, 15) is 10.1 Å². The molecule has 0 aliphatic heterocycles. The molecule has 0 bridgehead atoms. The van der Waals surface area contributed by atoms with E-state index >= 15 is 0 Å². The number of nitro groups is 1. The van der Waals surface area contributed by atoms with Crippen molar-refractivity contribution in [1.29, 1.82) is 0 Å². The molecule has 0 fully saturated rings. The van der Waals surface area contributed by atoms with Gasteiger partial charge in [-0.25, -0.2) is 0 Å². The molecule has 2 N–H and O–H groups in total. The zero-order chi connectivity index (χ0) is 19.1. The minimum absolute atomic E-state index is 0.0197. The van der Waals surface area contributed by atoms with Crippen molar-refractivity contribution in [2.75, 3.05) is 26.1 Å². The lowest BCUT2D eigenvalue weighted by Crippen LogP contribution is -2.30. The fraction of sp³-hybridized carbons (Fsp3) is 0.278. The topological polar surface area (TPSA) is 85.7 Å². The number of hydrogen-bond donors (Lipinski definition) is 2. The lowest BCUT2D eigenvalue weighted by atomic mass is 10.1. The number of methoxy groups -OCH3 is 2. The van der Waals surface area contributed by atoms with E-state index in [0.29, 0.717) is 28.8 Å². The van der Waals surface area contributed by atoms with Gasteiger partial charge in [-0.15, -0.1) is 0 Å². The van der Waals surface area contributed by atoms with Crippen molar-refractivity contribution in [2.45, 2.75) is 13.3 Å². The van der Waals surface area contributed by atoms with Crippen molar-refractivity contribution in [3.05, 3.63) is 57.6 Å². The highest BCUT2D eigenvalue weighted by Gasteiger charge is 2.10. The molecular formula is C18H21N3O4S. The molecule has 0 aromatic heterocycles. The molecule has 7 nitrogen and oxygen atoms in total. The Morgan fingerprint density at radius 2 is 1.88 bits per heavy atom. The fourth-order valence-electron chi connectivity index (χ4n) is 2.38. The molecule has 0 amide bonds. The first-order chi connectivity index (χ1) is 12.4. The van der Waals surface area contributed by atoms with Gasteiger partial charge in [-0.1, -0.05) is 12.1 Å². The third kappa shape index (κ3) is 5.06. The molecule has 0 atom stereocenters. The van der Waals surface area contributed by atoms with Gasteiger partial charge in [0.2, 0.25) is 0 Å². The maximum Gasteiger partial charge on any atom is 0.271 e. The first-order valence-corrected chi connectivity index (χ1v) is 8.36. The van der Waals surface area contributed by atoms with Gasteiger partial charge in [0.15, 0.2) is 16.6 Å². The molecular weight excluding hydrogens is 354 g/mol. The van der Waals surface area contributed by atoms with Gasteiger partial charge in [-0.3, -0.25) is 10.1 Å². The number of thiocarbonyl (C=S) groups is 1. The number of non-ortho nitro benzene ring substituents is 1. The van der Waals surface area contributed by atoms with Gasteiger partial charge in [0, 0.05) is 24.4 Å². The summed E-state index contributed by atoms with van der Waals surface area (Å²) in [5, 5.41) is 17.4. The smallest absolute Gasteiger partial charge is 0.271 e. The Labute approximate surface area is 157 Å². The number of benzene rings is 2. The van der Waals surface area contributed by atoms with Crippen LogP contribution in [0.4, 0.5) is 11.4 Å². The Morgan fingerprint density at radius 3 is 2.54 bits per heavy atom. The molecule has 138 valence electrons. The van der Waals surface area contributed by atoms with Crippen LogP contribution in [0.25, 0.3) is 0 Å². The standard InChI is InChI=1S/C18H21N3O4S/c1-12-4-6-14(21(22)23)11-15(12)20-18(26)19-9-8-13-5-7-16(24-2)17(10-13)25-3/h4-7,10-11H,8-9H2,1-3H3,(H2,19,20,26). The van der Waals surface area contributed by atoms with Gasteiger partial charge >= 0.3 is 0 Å². The van der Waals surface area contributed by atoms with Crippen molar-refractivity contribution >= 4 is 28.7 Å². The predicted octanol–water partition coefficient (Wildman–Crippen LogP) is 3.45. The lowest BCUT2D eigenvalue weighted by Gasteiger charge is -2.13. The summed E-state index contributed by atoms with van der Waals surface area (Å²) in [6.07, 6.45) is 0.732. The number of nitrogens with zero attached hydrogens (tertiary/aromatic N) is 1. The molecule has 0 spiro atoms. The van der Waals surface area contributed by atoms with Crippen LogP contribution in [0.1, 0.15) is 11.1 Å². The predicted molar refractivity (Wildman–Crippen MR) is 105 cm³/mol. The van der Waals surface area contributed by atoms with Gasteiger partial charge in [0.05, 0.1) is 19.1 Å². The lowest BCUT2D eigenvalue weighted by molar-refractivity contribution is -0.384. The number of nitro benzene ring substituents is 1. The molecule has 2 rings (SSSR count). The summed E-state index contributed by atoms with van der Waals surface area (Å²) in [5.41, 5.74) is 2.58. The van der Waals surface area contributed by atoms with Gasteiger partial charge in [-0.05, 0) is 48.8 Å². The molecule has 0 aliphatic carbocycles.